The number of methoxy groups -OCH3 is 3. The van der Waals surface area contributed by atoms with Crippen LogP contribution < -0.4 is 9.47 Å². The fraction of sp³-hybridized carbons (Fsp3) is 0.217. The summed E-state index contributed by atoms with van der Waals surface area (Å²) >= 11 is 0. The first-order valence-corrected chi connectivity index (χ1v) is 8.62. The van der Waals surface area contributed by atoms with Crippen LogP contribution in [0.25, 0.3) is 0 Å². The number of rotatable bonds is 6. The molecule has 0 heterocycles. The molecule has 2 aromatic carbocycles. The minimum absolute atomic E-state index is 0.707. The van der Waals surface area contributed by atoms with Crippen molar-refractivity contribution in [3.8, 4) is 11.5 Å². The second-order valence-electron chi connectivity index (χ2n) is 6.02. The van der Waals surface area contributed by atoms with Gasteiger partial charge in [-0.15, -0.1) is 0 Å². The molecule has 26 heavy (non-hydrogen) atoms. The minimum atomic E-state index is -0.707. The molecule has 0 aliphatic heterocycles. The van der Waals surface area contributed by atoms with E-state index in [2.05, 4.69) is 54.6 Å². The van der Waals surface area contributed by atoms with E-state index in [9.17, 15) is 0 Å². The number of ether oxygens (including phenoxy) is 3. The van der Waals surface area contributed by atoms with Crippen molar-refractivity contribution in [2.24, 2.45) is 0 Å². The van der Waals surface area contributed by atoms with Crippen molar-refractivity contribution in [2.45, 2.75) is 12.0 Å². The zero-order valence-corrected chi connectivity index (χ0v) is 15.4. The Kier molecular flexibility index (Phi) is 5.59. The summed E-state index contributed by atoms with van der Waals surface area (Å²) in [4.78, 5) is 0. The lowest BCUT2D eigenvalue weighted by Crippen LogP contribution is -2.32. The van der Waals surface area contributed by atoms with E-state index in [1.165, 1.54) is 0 Å². The van der Waals surface area contributed by atoms with Crippen LogP contribution in [0.3, 0.4) is 0 Å². The van der Waals surface area contributed by atoms with E-state index in [0.717, 1.165) is 34.6 Å². The maximum Gasteiger partial charge on any atom is 0.143 e. The van der Waals surface area contributed by atoms with Crippen molar-refractivity contribution in [3.05, 3.63) is 95.6 Å². The summed E-state index contributed by atoms with van der Waals surface area (Å²) in [6, 6.07) is 16.1. The molecule has 3 heteroatoms. The Bertz CT molecular complexity index is 764. The van der Waals surface area contributed by atoms with Gasteiger partial charge in [-0.1, -0.05) is 54.6 Å². The van der Waals surface area contributed by atoms with E-state index in [1.807, 2.05) is 24.3 Å². The second kappa shape index (κ2) is 8.07. The zero-order valence-electron chi connectivity index (χ0n) is 15.4. The van der Waals surface area contributed by atoms with E-state index in [4.69, 9.17) is 14.2 Å². The monoisotopic (exact) mass is 348 g/mol. The van der Waals surface area contributed by atoms with E-state index < -0.39 is 5.60 Å². The Hall–Kier alpha value is -2.78. The van der Waals surface area contributed by atoms with Crippen LogP contribution in [0, 0.1) is 0 Å². The van der Waals surface area contributed by atoms with Crippen molar-refractivity contribution in [3.63, 3.8) is 0 Å². The molecular weight excluding hydrogens is 324 g/mol. The lowest BCUT2D eigenvalue weighted by atomic mass is 9.79. The van der Waals surface area contributed by atoms with Crippen LogP contribution >= 0.6 is 0 Å². The summed E-state index contributed by atoms with van der Waals surface area (Å²) in [5, 5.41) is 0. The standard InChI is InChI=1S/C23H24O3/c1-24-21-14-10-19(11-15-21)23(26-3,18-8-6-4-5-7-9-18)20-12-16-22(25-2)17-13-20/h4-6,8-17H,7H2,1-3H3. The smallest absolute Gasteiger partial charge is 0.143 e. The Morgan fingerprint density at radius 3 is 1.73 bits per heavy atom. The largest absolute Gasteiger partial charge is 0.497 e. The highest BCUT2D eigenvalue weighted by molar-refractivity contribution is 5.52. The third kappa shape index (κ3) is 3.31. The third-order valence-electron chi connectivity index (χ3n) is 4.70. The number of hydrogen-bond donors (Lipinski definition) is 0. The molecule has 0 radical (unpaired) electrons. The van der Waals surface area contributed by atoms with E-state index >= 15 is 0 Å². The summed E-state index contributed by atoms with van der Waals surface area (Å²) in [6.45, 7) is 0. The Balaban J connectivity index is 2.19. The van der Waals surface area contributed by atoms with Gasteiger partial charge in [-0.25, -0.2) is 0 Å². The van der Waals surface area contributed by atoms with E-state index in [0.29, 0.717) is 0 Å². The molecule has 0 saturated carbocycles. The van der Waals surface area contributed by atoms with Crippen molar-refractivity contribution in [1.82, 2.24) is 0 Å². The SMILES string of the molecule is COc1ccc(C(OC)(C2=CCC=CC=C2)c2ccc(OC)cc2)cc1. The molecule has 1 aliphatic carbocycles. The highest BCUT2D eigenvalue weighted by Crippen LogP contribution is 2.42. The molecule has 0 fully saturated rings. The number of hydrogen-bond acceptors (Lipinski definition) is 3. The Morgan fingerprint density at radius 2 is 1.27 bits per heavy atom. The summed E-state index contributed by atoms with van der Waals surface area (Å²) in [5.41, 5.74) is 2.48. The Labute approximate surface area is 155 Å². The molecule has 1 aliphatic rings. The zero-order chi connectivity index (χ0) is 18.4. The third-order valence-corrected chi connectivity index (χ3v) is 4.70. The molecule has 0 spiro atoms. The summed E-state index contributed by atoms with van der Waals surface area (Å²) in [7, 11) is 5.09. The van der Waals surface area contributed by atoms with Gasteiger partial charge in [0.25, 0.3) is 0 Å². The molecule has 0 aromatic heterocycles. The van der Waals surface area contributed by atoms with Crippen LogP contribution in [0.1, 0.15) is 17.5 Å². The normalized spacial score (nSPS) is 13.9. The quantitative estimate of drug-likeness (QED) is 0.732. The van der Waals surface area contributed by atoms with Crippen molar-refractivity contribution < 1.29 is 14.2 Å². The van der Waals surface area contributed by atoms with E-state index in [-0.39, 0.29) is 0 Å². The van der Waals surface area contributed by atoms with Crippen LogP contribution in [0.2, 0.25) is 0 Å². The van der Waals surface area contributed by atoms with Crippen LogP contribution in [0.5, 0.6) is 11.5 Å². The van der Waals surface area contributed by atoms with Crippen LogP contribution in [0.15, 0.2) is 84.5 Å². The van der Waals surface area contributed by atoms with Gasteiger partial charge in [-0.3, -0.25) is 0 Å². The van der Waals surface area contributed by atoms with Gasteiger partial charge in [0.05, 0.1) is 14.2 Å². The summed E-state index contributed by atoms with van der Waals surface area (Å²) in [6.07, 6.45) is 11.4. The van der Waals surface area contributed by atoms with Crippen LogP contribution in [-0.4, -0.2) is 21.3 Å². The minimum Gasteiger partial charge on any atom is -0.497 e. The average molecular weight is 348 g/mol. The van der Waals surface area contributed by atoms with E-state index in [1.54, 1.807) is 21.3 Å². The molecule has 3 nitrogen and oxygen atoms in total. The van der Waals surface area contributed by atoms with Gasteiger partial charge in [-0.05, 0) is 47.4 Å². The predicted octanol–water partition coefficient (Wildman–Crippen LogP) is 5.04. The van der Waals surface area contributed by atoms with Gasteiger partial charge in [-0.2, -0.15) is 0 Å². The van der Waals surface area contributed by atoms with Gasteiger partial charge < -0.3 is 14.2 Å². The second-order valence-corrected chi connectivity index (χ2v) is 6.02. The average Bonchev–Trinajstić information content (AvgIpc) is 3.00. The number of benzene rings is 2. The molecular formula is C23H24O3. The lowest BCUT2D eigenvalue weighted by molar-refractivity contribution is 0.0576. The Morgan fingerprint density at radius 1 is 0.731 bits per heavy atom. The van der Waals surface area contributed by atoms with Crippen molar-refractivity contribution in [2.75, 3.05) is 21.3 Å². The molecule has 0 atom stereocenters. The molecule has 134 valence electrons. The molecule has 0 saturated heterocycles. The number of allylic oxidation sites excluding steroid dienone is 4. The molecule has 2 aromatic rings. The van der Waals surface area contributed by atoms with Gasteiger partial charge in [0.1, 0.15) is 17.1 Å². The fourth-order valence-corrected chi connectivity index (χ4v) is 3.35. The highest BCUT2D eigenvalue weighted by atomic mass is 16.5. The fourth-order valence-electron chi connectivity index (χ4n) is 3.35. The van der Waals surface area contributed by atoms with Crippen LogP contribution in [-0.2, 0) is 10.3 Å². The maximum atomic E-state index is 6.22. The van der Waals surface area contributed by atoms with Gasteiger partial charge in [0, 0.05) is 7.11 Å². The lowest BCUT2D eigenvalue weighted by Gasteiger charge is -2.35. The summed E-state index contributed by atoms with van der Waals surface area (Å²) in [5.74, 6) is 1.64. The topological polar surface area (TPSA) is 27.7 Å². The van der Waals surface area contributed by atoms with Crippen molar-refractivity contribution in [1.29, 1.82) is 0 Å². The first-order chi connectivity index (χ1) is 12.7. The van der Waals surface area contributed by atoms with Crippen LogP contribution in [0.4, 0.5) is 0 Å². The molecule has 0 amide bonds. The maximum absolute atomic E-state index is 6.22. The van der Waals surface area contributed by atoms with Gasteiger partial charge >= 0.3 is 0 Å². The van der Waals surface area contributed by atoms with Gasteiger partial charge in [0.2, 0.25) is 0 Å². The first kappa shape index (κ1) is 18.0. The van der Waals surface area contributed by atoms with Gasteiger partial charge in [0.15, 0.2) is 0 Å². The molecule has 0 unspecified atom stereocenters. The highest BCUT2D eigenvalue weighted by Gasteiger charge is 2.37. The predicted molar refractivity (Wildman–Crippen MR) is 105 cm³/mol. The first-order valence-electron chi connectivity index (χ1n) is 8.62. The molecule has 0 N–H and O–H groups in total. The van der Waals surface area contributed by atoms with Crippen molar-refractivity contribution >= 4 is 0 Å². The molecule has 3 rings (SSSR count). The molecule has 0 bridgehead atoms. The summed E-state index contributed by atoms with van der Waals surface area (Å²) < 4.78 is 16.9.